The topological polar surface area (TPSA) is 164 Å². The maximum atomic E-state index is 10.1. The van der Waals surface area contributed by atoms with E-state index in [-0.39, 0.29) is 42.8 Å². The van der Waals surface area contributed by atoms with E-state index in [0.717, 1.165) is 11.1 Å². The molecule has 9 nitrogen and oxygen atoms in total. The maximum absolute atomic E-state index is 10.1. The van der Waals surface area contributed by atoms with E-state index in [1.54, 1.807) is 18.2 Å². The van der Waals surface area contributed by atoms with Crippen molar-refractivity contribution in [1.82, 2.24) is 0 Å². The largest absolute Gasteiger partial charge is 0.507 e. The molecule has 9 heteroatoms. The highest BCUT2D eigenvalue weighted by molar-refractivity contribution is 5.80. The number of phenolic OH excluding ortho intramolecular Hbond substituents is 1. The Labute approximate surface area is 258 Å². The summed E-state index contributed by atoms with van der Waals surface area (Å²) in [5.41, 5.74) is 13.4. The summed E-state index contributed by atoms with van der Waals surface area (Å²) in [6.07, 6.45) is 4.41. The fourth-order valence-electron chi connectivity index (χ4n) is 3.03. The van der Waals surface area contributed by atoms with Crippen molar-refractivity contribution < 1.29 is 24.9 Å². The Morgan fingerprint density at radius 3 is 1.40 bits per heavy atom. The van der Waals surface area contributed by atoms with Crippen LogP contribution in [0.1, 0.15) is 56.6 Å². The number of nitrogens with two attached hydrogens (primary N) is 2. The number of rotatable bonds is 13. The lowest BCUT2D eigenvalue weighted by atomic mass is 10.2. The first kappa shape index (κ1) is 41.4. The molecular formula is C34H52N4O5. The van der Waals surface area contributed by atoms with Gasteiger partial charge in [-0.15, -0.1) is 0 Å². The van der Waals surface area contributed by atoms with Gasteiger partial charge in [0.15, 0.2) is 6.29 Å². The van der Waals surface area contributed by atoms with Gasteiger partial charge in [0.2, 0.25) is 0 Å². The number of hydrogen-bond acceptors (Lipinski definition) is 8. The second-order valence-electron chi connectivity index (χ2n) is 9.78. The number of benzene rings is 3. The molecule has 0 heterocycles. The van der Waals surface area contributed by atoms with Gasteiger partial charge in [-0.2, -0.15) is 0 Å². The predicted octanol–water partition coefficient (Wildman–Crippen LogP) is 4.73. The average Bonchev–Trinajstić information content (AvgIpc) is 2.97. The third-order valence-electron chi connectivity index (χ3n) is 5.10. The molecule has 0 saturated heterocycles. The Morgan fingerprint density at radius 1 is 0.674 bits per heavy atom. The van der Waals surface area contributed by atoms with E-state index >= 15 is 0 Å². The molecule has 0 radical (unpaired) electrons. The zero-order chi connectivity index (χ0) is 30.3. The molecule has 0 aliphatic rings. The number of phenols is 1. The molecule has 0 bridgehead atoms. The Bertz CT molecular complexity index is 1060. The number of aldehydes is 1. The van der Waals surface area contributed by atoms with Gasteiger partial charge in [0, 0.05) is 24.5 Å². The number of carbonyl (C=O) groups is 1. The molecule has 3 rings (SSSR count). The first-order valence-corrected chi connectivity index (χ1v) is 13.8. The molecule has 238 valence electrons. The molecule has 43 heavy (non-hydrogen) atoms. The van der Waals surface area contributed by atoms with E-state index in [0.29, 0.717) is 38.3 Å². The maximum Gasteiger partial charge on any atom is 0.153 e. The third kappa shape index (κ3) is 22.5. The highest BCUT2D eigenvalue weighted by Crippen LogP contribution is 2.11. The first-order valence-electron chi connectivity index (χ1n) is 13.8. The van der Waals surface area contributed by atoms with Crippen LogP contribution in [0, 0.1) is 0 Å². The average molecular weight is 597 g/mol. The van der Waals surface area contributed by atoms with Crippen molar-refractivity contribution in [2.24, 2.45) is 21.5 Å². The quantitative estimate of drug-likeness (QED) is 0.191. The summed E-state index contributed by atoms with van der Waals surface area (Å²) in [5, 5.41) is 8.88. The number of aromatic hydroxyl groups is 1. The smallest absolute Gasteiger partial charge is 0.153 e. The Hall–Kier alpha value is -3.73. The molecule has 4 unspecified atom stereocenters. The van der Waals surface area contributed by atoms with Crippen molar-refractivity contribution in [1.29, 1.82) is 0 Å². The second-order valence-corrected chi connectivity index (χ2v) is 9.78. The molecule has 0 aromatic heterocycles. The molecule has 7 N–H and O–H groups in total. The van der Waals surface area contributed by atoms with Crippen LogP contribution in [0.15, 0.2) is 94.9 Å². The lowest BCUT2D eigenvalue weighted by Gasteiger charge is -2.10. The van der Waals surface area contributed by atoms with Crippen LogP contribution in [-0.4, -0.2) is 79.9 Å². The first-order chi connectivity index (χ1) is 19.7. The second kappa shape index (κ2) is 25.9. The summed E-state index contributed by atoms with van der Waals surface area (Å²) < 4.78 is 10.8. The van der Waals surface area contributed by atoms with Crippen molar-refractivity contribution >= 4 is 18.7 Å². The minimum Gasteiger partial charge on any atom is -0.507 e. The van der Waals surface area contributed by atoms with Gasteiger partial charge in [-0.05, 0) is 51.0 Å². The summed E-state index contributed by atoms with van der Waals surface area (Å²) in [4.78, 5) is 19.1. The van der Waals surface area contributed by atoms with Crippen molar-refractivity contribution in [3.63, 3.8) is 0 Å². The normalized spacial score (nSPS) is 13.2. The van der Waals surface area contributed by atoms with Crippen LogP contribution in [0.25, 0.3) is 0 Å². The molecule has 0 aliphatic heterocycles. The van der Waals surface area contributed by atoms with Crippen LogP contribution in [-0.2, 0) is 9.47 Å². The number of para-hydroxylation sites is 1. The number of nitrogens with zero attached hydrogens (tertiary/aromatic N) is 2. The van der Waals surface area contributed by atoms with Crippen LogP contribution in [0.4, 0.5) is 0 Å². The van der Waals surface area contributed by atoms with Crippen LogP contribution in [0.3, 0.4) is 0 Å². The van der Waals surface area contributed by atoms with Crippen LogP contribution < -0.4 is 11.5 Å². The molecule has 0 spiro atoms. The zero-order valence-electron chi connectivity index (χ0n) is 25.2. The molecule has 0 saturated carbocycles. The molecule has 0 amide bonds. The Balaban J connectivity index is 0. The summed E-state index contributed by atoms with van der Waals surface area (Å²) in [7, 11) is 0. The van der Waals surface area contributed by atoms with Crippen molar-refractivity contribution in [2.75, 3.05) is 26.4 Å². The number of carbonyl (C=O) groups excluding carboxylic acids is 1. The minimum absolute atomic E-state index is 0. The molecule has 3 aromatic carbocycles. The number of ether oxygens (including phenoxy) is 2. The summed E-state index contributed by atoms with van der Waals surface area (Å²) in [6.45, 7) is 10.3. The lowest BCUT2D eigenvalue weighted by Crippen LogP contribution is -2.27. The van der Waals surface area contributed by atoms with Gasteiger partial charge in [-0.1, -0.05) is 80.2 Å². The van der Waals surface area contributed by atoms with E-state index < -0.39 is 0 Å². The number of aliphatic imine (C=N–C) groups is 2. The van der Waals surface area contributed by atoms with Gasteiger partial charge in [0.1, 0.15) is 5.75 Å². The Kier molecular flexibility index (Phi) is 25.0. The van der Waals surface area contributed by atoms with Gasteiger partial charge in [-0.25, -0.2) is 0 Å². The molecule has 0 aliphatic carbocycles. The molecular weight excluding hydrogens is 544 g/mol. The van der Waals surface area contributed by atoms with Crippen LogP contribution in [0.2, 0.25) is 0 Å². The molecule has 0 fully saturated rings. The van der Waals surface area contributed by atoms with Gasteiger partial charge in [-0.3, -0.25) is 14.8 Å². The number of hydrogen-bond donors (Lipinski definition) is 3. The molecule has 4 atom stereocenters. The fourth-order valence-corrected chi connectivity index (χ4v) is 3.03. The van der Waals surface area contributed by atoms with E-state index in [1.165, 1.54) is 6.07 Å². The van der Waals surface area contributed by atoms with Crippen molar-refractivity contribution in [3.8, 4) is 5.75 Å². The SMILES string of the molecule is C.CC(COCC(C)N=Cc1ccccc1)N=Cc1ccccc1.CC(N)COCC(C)N.O.O=Cc1ccccc1O. The summed E-state index contributed by atoms with van der Waals surface area (Å²) >= 11 is 0. The van der Waals surface area contributed by atoms with Gasteiger partial charge < -0.3 is 31.5 Å². The summed E-state index contributed by atoms with van der Waals surface area (Å²) in [5.74, 6) is 0.0347. The third-order valence-corrected chi connectivity index (χ3v) is 5.10. The van der Waals surface area contributed by atoms with E-state index in [4.69, 9.17) is 26.0 Å². The van der Waals surface area contributed by atoms with E-state index in [2.05, 4.69) is 23.8 Å². The van der Waals surface area contributed by atoms with Crippen LogP contribution >= 0.6 is 0 Å². The van der Waals surface area contributed by atoms with Gasteiger partial charge in [0.25, 0.3) is 0 Å². The standard InChI is InChI=1S/C20H24N2O.C7H6O2.C6H16N2O.CH4.H2O/c1-17(21-13-19-9-5-3-6-10-19)15-23-16-18(2)22-14-20-11-7-4-8-12-20;8-5-6-3-1-2-4-7(6)9;1-5(7)3-9-4-6(2)8;;/h3-14,17-18H,15-16H2,1-2H3;1-5,9H;5-6H,3-4,7-8H2,1-2H3;1H4;1H2. The van der Waals surface area contributed by atoms with Gasteiger partial charge in [0.05, 0.1) is 44.1 Å². The highest BCUT2D eigenvalue weighted by Gasteiger charge is 2.02. The predicted molar refractivity (Wildman–Crippen MR) is 180 cm³/mol. The van der Waals surface area contributed by atoms with E-state index in [9.17, 15) is 4.79 Å². The Morgan fingerprint density at radius 2 is 1.05 bits per heavy atom. The van der Waals surface area contributed by atoms with Crippen molar-refractivity contribution in [2.45, 2.75) is 59.3 Å². The monoisotopic (exact) mass is 596 g/mol. The van der Waals surface area contributed by atoms with Crippen LogP contribution in [0.5, 0.6) is 5.75 Å². The fraction of sp³-hybridized carbons (Fsp3) is 0.382. The highest BCUT2D eigenvalue weighted by atomic mass is 16.5. The summed E-state index contributed by atoms with van der Waals surface area (Å²) in [6, 6.07) is 27.1. The lowest BCUT2D eigenvalue weighted by molar-refractivity contribution is 0.112. The minimum atomic E-state index is 0. The van der Waals surface area contributed by atoms with E-state index in [1.807, 2.05) is 86.9 Å². The van der Waals surface area contributed by atoms with Gasteiger partial charge >= 0.3 is 0 Å². The molecule has 3 aromatic rings. The van der Waals surface area contributed by atoms with Crippen molar-refractivity contribution in [3.05, 3.63) is 102 Å². The zero-order valence-corrected chi connectivity index (χ0v) is 25.2.